The van der Waals surface area contributed by atoms with Crippen molar-refractivity contribution in [3.63, 3.8) is 0 Å². The first-order valence-electron chi connectivity index (χ1n) is 6.39. The second-order valence-electron chi connectivity index (χ2n) is 4.37. The number of carboxylic acids is 1. The number of carboxylic acid groups (broad SMARTS) is 1. The largest absolute Gasteiger partial charge is 0.480 e. The van der Waals surface area contributed by atoms with Crippen molar-refractivity contribution in [3.05, 3.63) is 29.3 Å². The Hall–Kier alpha value is -1.79. The van der Waals surface area contributed by atoms with Gasteiger partial charge in [0.2, 0.25) is 0 Å². The lowest BCUT2D eigenvalue weighted by atomic mass is 10.2. The molecule has 0 aliphatic rings. The highest BCUT2D eigenvalue weighted by Gasteiger charge is 2.24. The number of benzene rings is 1. The zero-order valence-corrected chi connectivity index (χ0v) is 12.6. The molecule has 0 heterocycles. The maximum atomic E-state index is 12.0. The molecule has 7 heteroatoms. The Morgan fingerprint density at radius 3 is 2.62 bits per heavy atom. The molecule has 1 amide bonds. The highest BCUT2D eigenvalue weighted by Crippen LogP contribution is 2.24. The van der Waals surface area contributed by atoms with E-state index < -0.39 is 24.0 Å². The van der Waals surface area contributed by atoms with Gasteiger partial charge in [-0.1, -0.05) is 23.7 Å². The molecule has 0 saturated carbocycles. The van der Waals surface area contributed by atoms with Crippen LogP contribution in [0.4, 0.5) is 0 Å². The minimum absolute atomic E-state index is 0.177. The number of carbonyl (C=O) groups excluding carboxylic acids is 1. The van der Waals surface area contributed by atoms with Crippen molar-refractivity contribution in [2.45, 2.75) is 25.5 Å². The van der Waals surface area contributed by atoms with E-state index in [-0.39, 0.29) is 13.0 Å². The van der Waals surface area contributed by atoms with E-state index in [0.717, 1.165) is 0 Å². The third-order valence-electron chi connectivity index (χ3n) is 2.73. The van der Waals surface area contributed by atoms with Crippen LogP contribution < -0.4 is 10.1 Å². The van der Waals surface area contributed by atoms with Crippen LogP contribution in [-0.2, 0) is 14.3 Å². The molecule has 0 aliphatic carbocycles. The molecule has 0 saturated heterocycles. The maximum Gasteiger partial charge on any atom is 0.326 e. The summed E-state index contributed by atoms with van der Waals surface area (Å²) in [5.74, 6) is -1.28. The van der Waals surface area contributed by atoms with Crippen LogP contribution in [0.25, 0.3) is 0 Å². The Labute approximate surface area is 128 Å². The van der Waals surface area contributed by atoms with E-state index in [9.17, 15) is 9.59 Å². The van der Waals surface area contributed by atoms with E-state index in [1.807, 2.05) is 0 Å². The van der Waals surface area contributed by atoms with Crippen molar-refractivity contribution >= 4 is 23.5 Å². The number of rotatable bonds is 8. The minimum atomic E-state index is -1.12. The highest BCUT2D eigenvalue weighted by atomic mass is 35.5. The molecule has 6 nitrogen and oxygen atoms in total. The summed E-state index contributed by atoms with van der Waals surface area (Å²) >= 11 is 5.93. The first-order valence-corrected chi connectivity index (χ1v) is 6.76. The standard InChI is InChI=1S/C14H18ClNO5/c1-9(21-12-6-4-3-5-10(12)15)13(17)16-11(14(18)19)7-8-20-2/h3-6,9,11H,7-8H2,1-2H3,(H,16,17)(H,18,19). The first kappa shape index (κ1) is 17.3. The van der Waals surface area contributed by atoms with Gasteiger partial charge in [0.25, 0.3) is 5.91 Å². The summed E-state index contributed by atoms with van der Waals surface area (Å²) in [7, 11) is 1.46. The van der Waals surface area contributed by atoms with E-state index in [4.69, 9.17) is 26.2 Å². The van der Waals surface area contributed by atoms with Crippen molar-refractivity contribution in [1.82, 2.24) is 5.32 Å². The number of methoxy groups -OCH3 is 1. The van der Waals surface area contributed by atoms with Gasteiger partial charge in [-0.25, -0.2) is 4.79 Å². The van der Waals surface area contributed by atoms with Crippen LogP contribution in [0.2, 0.25) is 5.02 Å². The Bertz CT molecular complexity index is 494. The Morgan fingerprint density at radius 1 is 1.38 bits per heavy atom. The molecule has 0 aliphatic heterocycles. The van der Waals surface area contributed by atoms with Crippen molar-refractivity contribution in [3.8, 4) is 5.75 Å². The number of hydrogen-bond donors (Lipinski definition) is 2. The number of amides is 1. The molecule has 0 bridgehead atoms. The lowest BCUT2D eigenvalue weighted by Crippen LogP contribution is -2.46. The predicted molar refractivity (Wildman–Crippen MR) is 77.6 cm³/mol. The third kappa shape index (κ3) is 5.61. The van der Waals surface area contributed by atoms with Crippen molar-refractivity contribution in [2.24, 2.45) is 0 Å². The van der Waals surface area contributed by atoms with Crippen LogP contribution in [0.1, 0.15) is 13.3 Å². The third-order valence-corrected chi connectivity index (χ3v) is 3.05. The summed E-state index contributed by atoms with van der Waals surface area (Å²) in [6.45, 7) is 1.75. The first-order chi connectivity index (χ1) is 9.95. The molecule has 21 heavy (non-hydrogen) atoms. The molecule has 116 valence electrons. The van der Waals surface area contributed by atoms with Crippen LogP contribution in [0.5, 0.6) is 5.75 Å². The predicted octanol–water partition coefficient (Wildman–Crippen LogP) is 1.71. The number of para-hydroxylation sites is 1. The van der Waals surface area contributed by atoms with Gasteiger partial charge in [0.1, 0.15) is 11.8 Å². The summed E-state index contributed by atoms with van der Waals surface area (Å²) < 4.78 is 10.2. The lowest BCUT2D eigenvalue weighted by Gasteiger charge is -2.19. The van der Waals surface area contributed by atoms with Crippen LogP contribution >= 0.6 is 11.6 Å². The molecule has 1 rings (SSSR count). The van der Waals surface area contributed by atoms with Gasteiger partial charge in [-0.2, -0.15) is 0 Å². The topological polar surface area (TPSA) is 84.9 Å². The van der Waals surface area contributed by atoms with Gasteiger partial charge < -0.3 is 19.9 Å². The average molecular weight is 316 g/mol. The Morgan fingerprint density at radius 2 is 2.05 bits per heavy atom. The van der Waals surface area contributed by atoms with Gasteiger partial charge in [-0.05, 0) is 19.1 Å². The molecule has 0 fully saturated rings. The smallest absolute Gasteiger partial charge is 0.326 e. The fourth-order valence-electron chi connectivity index (χ4n) is 1.57. The fraction of sp³-hybridized carbons (Fsp3) is 0.429. The number of halogens is 1. The van der Waals surface area contributed by atoms with Gasteiger partial charge in [0.05, 0.1) is 5.02 Å². The molecule has 1 aromatic carbocycles. The van der Waals surface area contributed by atoms with E-state index in [2.05, 4.69) is 5.32 Å². The molecule has 0 radical (unpaired) electrons. The zero-order valence-electron chi connectivity index (χ0n) is 11.8. The van der Waals surface area contributed by atoms with Crippen molar-refractivity contribution in [2.75, 3.05) is 13.7 Å². The fourth-order valence-corrected chi connectivity index (χ4v) is 1.75. The van der Waals surface area contributed by atoms with Gasteiger partial charge >= 0.3 is 5.97 Å². The molecule has 2 atom stereocenters. The molecule has 2 unspecified atom stereocenters. The van der Waals surface area contributed by atoms with Crippen LogP contribution in [-0.4, -0.2) is 42.8 Å². The SMILES string of the molecule is COCCC(NC(=O)C(C)Oc1ccccc1Cl)C(=O)O. The summed E-state index contributed by atoms with van der Waals surface area (Å²) in [5, 5.41) is 11.8. The summed E-state index contributed by atoms with van der Waals surface area (Å²) in [4.78, 5) is 23.0. The van der Waals surface area contributed by atoms with Gasteiger partial charge in [0, 0.05) is 20.1 Å². The normalized spacial score (nSPS) is 13.3. The molecule has 0 spiro atoms. The van der Waals surface area contributed by atoms with Gasteiger partial charge in [-0.3, -0.25) is 4.79 Å². The van der Waals surface area contributed by atoms with Crippen molar-refractivity contribution in [1.29, 1.82) is 0 Å². The maximum absolute atomic E-state index is 12.0. The summed E-state index contributed by atoms with van der Waals surface area (Å²) in [5.41, 5.74) is 0. The minimum Gasteiger partial charge on any atom is -0.480 e. The second-order valence-corrected chi connectivity index (χ2v) is 4.78. The average Bonchev–Trinajstić information content (AvgIpc) is 2.45. The summed E-state index contributed by atoms with van der Waals surface area (Å²) in [6, 6.07) is 5.72. The number of aliphatic carboxylic acids is 1. The van der Waals surface area contributed by atoms with Gasteiger partial charge in [0.15, 0.2) is 6.10 Å². The number of hydrogen-bond acceptors (Lipinski definition) is 4. The van der Waals surface area contributed by atoms with E-state index >= 15 is 0 Å². The number of carbonyl (C=O) groups is 2. The van der Waals surface area contributed by atoms with Crippen molar-refractivity contribution < 1.29 is 24.2 Å². The van der Waals surface area contributed by atoms with Crippen LogP contribution in [0, 0.1) is 0 Å². The summed E-state index contributed by atoms with van der Waals surface area (Å²) in [6.07, 6.45) is -0.689. The molecular weight excluding hydrogens is 298 g/mol. The van der Waals surface area contributed by atoms with E-state index in [0.29, 0.717) is 10.8 Å². The second kappa shape index (κ2) is 8.49. The van der Waals surface area contributed by atoms with E-state index in [1.165, 1.54) is 14.0 Å². The monoisotopic (exact) mass is 315 g/mol. The number of nitrogens with one attached hydrogen (secondary N) is 1. The lowest BCUT2D eigenvalue weighted by molar-refractivity contribution is -0.143. The highest BCUT2D eigenvalue weighted by molar-refractivity contribution is 6.32. The van der Waals surface area contributed by atoms with Gasteiger partial charge in [-0.15, -0.1) is 0 Å². The quantitative estimate of drug-likeness (QED) is 0.763. The van der Waals surface area contributed by atoms with Crippen LogP contribution in [0.15, 0.2) is 24.3 Å². The molecule has 0 aromatic heterocycles. The molecule has 1 aromatic rings. The molecule has 2 N–H and O–H groups in total. The molecular formula is C14H18ClNO5. The van der Waals surface area contributed by atoms with E-state index in [1.54, 1.807) is 24.3 Å². The number of ether oxygens (including phenoxy) is 2. The zero-order chi connectivity index (χ0) is 15.8. The Balaban J connectivity index is 2.61. The Kier molecular flexibility index (Phi) is 6.98. The van der Waals surface area contributed by atoms with Crippen LogP contribution in [0.3, 0.4) is 0 Å².